The number of Topliss-reactive ketones (excluding diaryl/α,β-unsaturated/α-hetero) is 1. The minimum atomic E-state index is -0.469. The lowest BCUT2D eigenvalue weighted by Gasteiger charge is -2.39. The highest BCUT2D eigenvalue weighted by atomic mass is 79.9. The van der Waals surface area contributed by atoms with Crippen LogP contribution in [-0.4, -0.2) is 25.0 Å². The molecule has 0 bridgehead atoms. The zero-order valence-corrected chi connectivity index (χ0v) is 19.4. The van der Waals surface area contributed by atoms with Crippen molar-refractivity contribution in [2.75, 3.05) is 7.11 Å². The second kappa shape index (κ2) is 7.98. The first-order valence-corrected chi connectivity index (χ1v) is 10.6. The Hall–Kier alpha value is -2.08. The molecule has 1 aliphatic heterocycles. The standard InChI is InChI=1S/C23H28BrNO4/c1-12(2)29-22(27)19-13(3)25-16-10-23(4,5)11-17(26)21(16)20(19)14-7-8-18(28-6)15(24)9-14/h7-9,12,20,25H,10-11H2,1-6H3/t20-/m1/s1. The molecule has 1 heterocycles. The van der Waals surface area contributed by atoms with Gasteiger partial charge in [0, 0.05) is 29.3 Å². The Balaban J connectivity index is 2.18. The van der Waals surface area contributed by atoms with Crippen LogP contribution in [0, 0.1) is 5.41 Å². The largest absolute Gasteiger partial charge is 0.496 e. The molecule has 156 valence electrons. The smallest absolute Gasteiger partial charge is 0.337 e. The minimum Gasteiger partial charge on any atom is -0.496 e. The van der Waals surface area contributed by atoms with Crippen LogP contribution in [-0.2, 0) is 14.3 Å². The van der Waals surface area contributed by atoms with Crippen molar-refractivity contribution in [3.05, 3.63) is 50.8 Å². The Labute approximate surface area is 180 Å². The number of dihydropyridines is 1. The maximum Gasteiger partial charge on any atom is 0.337 e. The van der Waals surface area contributed by atoms with Gasteiger partial charge in [-0.25, -0.2) is 4.79 Å². The number of methoxy groups -OCH3 is 1. The quantitative estimate of drug-likeness (QED) is 0.638. The Kier molecular flexibility index (Phi) is 5.95. The SMILES string of the molecule is COc1ccc([C@@H]2C(C(=O)OC(C)C)=C(C)NC3=C2C(=O)CC(C)(C)C3)cc1Br. The lowest BCUT2D eigenvalue weighted by molar-refractivity contribution is -0.143. The van der Waals surface area contributed by atoms with Crippen LogP contribution >= 0.6 is 15.9 Å². The number of esters is 1. The van der Waals surface area contributed by atoms with Gasteiger partial charge in [-0.2, -0.15) is 0 Å². The second-order valence-corrected chi connectivity index (χ2v) is 9.63. The van der Waals surface area contributed by atoms with Crippen LogP contribution in [0.25, 0.3) is 0 Å². The molecule has 0 aromatic heterocycles. The number of hydrogen-bond donors (Lipinski definition) is 1. The summed E-state index contributed by atoms with van der Waals surface area (Å²) in [5.41, 5.74) is 3.53. The number of carbonyl (C=O) groups is 2. The van der Waals surface area contributed by atoms with Gasteiger partial charge in [-0.3, -0.25) is 4.79 Å². The van der Waals surface area contributed by atoms with Gasteiger partial charge in [-0.15, -0.1) is 0 Å². The molecule has 0 amide bonds. The summed E-state index contributed by atoms with van der Waals surface area (Å²) in [6.45, 7) is 9.70. The number of nitrogens with one attached hydrogen (secondary N) is 1. The van der Waals surface area contributed by atoms with Gasteiger partial charge < -0.3 is 14.8 Å². The van der Waals surface area contributed by atoms with E-state index in [4.69, 9.17) is 9.47 Å². The number of ketones is 1. The highest BCUT2D eigenvalue weighted by molar-refractivity contribution is 9.10. The molecule has 0 spiro atoms. The van der Waals surface area contributed by atoms with E-state index in [1.54, 1.807) is 7.11 Å². The predicted octanol–water partition coefficient (Wildman–Crippen LogP) is 5.01. The molecule has 1 aromatic rings. The third-order valence-electron chi connectivity index (χ3n) is 5.31. The molecular formula is C23H28BrNO4. The van der Waals surface area contributed by atoms with Crippen LogP contribution in [0.2, 0.25) is 0 Å². The molecule has 6 heteroatoms. The average molecular weight is 462 g/mol. The fourth-order valence-electron chi connectivity index (χ4n) is 4.18. The minimum absolute atomic E-state index is 0.0723. The van der Waals surface area contributed by atoms with Crippen molar-refractivity contribution in [2.24, 2.45) is 5.41 Å². The topological polar surface area (TPSA) is 64.6 Å². The number of carbonyl (C=O) groups excluding carboxylic acids is 2. The van der Waals surface area contributed by atoms with E-state index in [2.05, 4.69) is 35.1 Å². The third-order valence-corrected chi connectivity index (χ3v) is 5.93. The van der Waals surface area contributed by atoms with Crippen molar-refractivity contribution in [3.63, 3.8) is 0 Å². The molecule has 2 aliphatic rings. The van der Waals surface area contributed by atoms with Crippen LogP contribution in [0.15, 0.2) is 45.2 Å². The zero-order valence-electron chi connectivity index (χ0n) is 17.8. The Morgan fingerprint density at radius 2 is 1.97 bits per heavy atom. The van der Waals surface area contributed by atoms with Crippen molar-refractivity contribution < 1.29 is 19.1 Å². The third kappa shape index (κ3) is 4.27. The molecule has 29 heavy (non-hydrogen) atoms. The summed E-state index contributed by atoms with van der Waals surface area (Å²) in [6.07, 6.45) is 0.959. The maximum atomic E-state index is 13.2. The summed E-state index contributed by atoms with van der Waals surface area (Å²) in [5, 5.41) is 3.35. The highest BCUT2D eigenvalue weighted by Crippen LogP contribution is 2.47. The highest BCUT2D eigenvalue weighted by Gasteiger charge is 2.43. The molecule has 1 aromatic carbocycles. The van der Waals surface area contributed by atoms with E-state index >= 15 is 0 Å². The van der Waals surface area contributed by atoms with Gasteiger partial charge in [0.05, 0.1) is 23.3 Å². The predicted molar refractivity (Wildman–Crippen MR) is 116 cm³/mol. The number of hydrogen-bond acceptors (Lipinski definition) is 5. The number of allylic oxidation sites excluding steroid dienone is 3. The van der Waals surface area contributed by atoms with E-state index < -0.39 is 11.9 Å². The summed E-state index contributed by atoms with van der Waals surface area (Å²) in [6, 6.07) is 5.68. The fraction of sp³-hybridized carbons (Fsp3) is 0.478. The molecule has 0 saturated heterocycles. The van der Waals surface area contributed by atoms with E-state index in [0.717, 1.165) is 27.9 Å². The van der Waals surface area contributed by atoms with Crippen LogP contribution in [0.5, 0.6) is 5.75 Å². The van der Waals surface area contributed by atoms with Gasteiger partial charge in [0.1, 0.15) is 5.75 Å². The van der Waals surface area contributed by atoms with Gasteiger partial charge in [0.15, 0.2) is 5.78 Å². The van der Waals surface area contributed by atoms with Gasteiger partial charge in [0.2, 0.25) is 0 Å². The lowest BCUT2D eigenvalue weighted by Crippen LogP contribution is -2.39. The molecule has 5 nitrogen and oxygen atoms in total. The molecule has 1 N–H and O–H groups in total. The first kappa shape index (κ1) is 21.6. The van der Waals surface area contributed by atoms with Crippen LogP contribution < -0.4 is 10.1 Å². The molecule has 1 atom stereocenters. The van der Waals surface area contributed by atoms with Gasteiger partial charge in [-0.1, -0.05) is 19.9 Å². The lowest BCUT2D eigenvalue weighted by atomic mass is 9.68. The molecule has 1 aliphatic carbocycles. The molecular weight excluding hydrogens is 434 g/mol. The first-order valence-electron chi connectivity index (χ1n) is 9.82. The molecule has 3 rings (SSSR count). The zero-order chi connectivity index (χ0) is 21.5. The van der Waals surface area contributed by atoms with E-state index in [-0.39, 0.29) is 17.3 Å². The van der Waals surface area contributed by atoms with Gasteiger partial charge in [-0.05, 0) is 66.2 Å². The molecule has 0 unspecified atom stereocenters. The Morgan fingerprint density at radius 3 is 2.55 bits per heavy atom. The van der Waals surface area contributed by atoms with E-state index in [1.807, 2.05) is 39.0 Å². The Bertz CT molecular complexity index is 927. The monoisotopic (exact) mass is 461 g/mol. The van der Waals surface area contributed by atoms with E-state index in [9.17, 15) is 9.59 Å². The molecule has 0 radical (unpaired) electrons. The number of benzene rings is 1. The summed E-state index contributed by atoms with van der Waals surface area (Å²) in [7, 11) is 1.60. The first-order chi connectivity index (χ1) is 13.5. The maximum absolute atomic E-state index is 13.2. The van der Waals surface area contributed by atoms with E-state index in [0.29, 0.717) is 23.3 Å². The van der Waals surface area contributed by atoms with Gasteiger partial charge >= 0.3 is 5.97 Å². The summed E-state index contributed by atoms with van der Waals surface area (Å²) >= 11 is 3.53. The molecule has 0 saturated carbocycles. The van der Waals surface area contributed by atoms with Crippen LogP contribution in [0.4, 0.5) is 0 Å². The van der Waals surface area contributed by atoms with Crippen molar-refractivity contribution in [1.82, 2.24) is 5.32 Å². The van der Waals surface area contributed by atoms with Crippen molar-refractivity contribution in [1.29, 1.82) is 0 Å². The molecule has 0 fully saturated rings. The second-order valence-electron chi connectivity index (χ2n) is 8.78. The van der Waals surface area contributed by atoms with Crippen LogP contribution in [0.1, 0.15) is 58.9 Å². The van der Waals surface area contributed by atoms with Crippen molar-refractivity contribution in [2.45, 2.75) is 59.5 Å². The number of halogens is 1. The summed E-state index contributed by atoms with van der Waals surface area (Å²) < 4.78 is 11.7. The summed E-state index contributed by atoms with van der Waals surface area (Å²) in [4.78, 5) is 26.3. The normalized spacial score (nSPS) is 21.1. The number of ether oxygens (including phenoxy) is 2. The van der Waals surface area contributed by atoms with Crippen molar-refractivity contribution >= 4 is 27.7 Å². The fourth-order valence-corrected chi connectivity index (χ4v) is 4.74. The number of rotatable bonds is 4. The average Bonchev–Trinajstić information content (AvgIpc) is 2.58. The van der Waals surface area contributed by atoms with Crippen molar-refractivity contribution in [3.8, 4) is 5.75 Å². The van der Waals surface area contributed by atoms with Crippen LogP contribution in [0.3, 0.4) is 0 Å². The van der Waals surface area contributed by atoms with Gasteiger partial charge in [0.25, 0.3) is 0 Å². The summed E-state index contributed by atoms with van der Waals surface area (Å²) in [5.74, 6) is -0.0996. The van der Waals surface area contributed by atoms with E-state index in [1.165, 1.54) is 0 Å². The Morgan fingerprint density at radius 1 is 1.28 bits per heavy atom.